The van der Waals surface area contributed by atoms with Gasteiger partial charge in [-0.05, 0) is 31.0 Å². The molecule has 0 unspecified atom stereocenters. The average Bonchev–Trinajstić information content (AvgIpc) is 2.23. The molecule has 15 heavy (non-hydrogen) atoms. The largest absolute Gasteiger partial charge is 0.384 e. The Kier molecular flexibility index (Phi) is 3.62. The predicted molar refractivity (Wildman–Crippen MR) is 65.4 cm³/mol. The van der Waals surface area contributed by atoms with Crippen molar-refractivity contribution in [1.29, 1.82) is 0 Å². The van der Waals surface area contributed by atoms with E-state index in [1.165, 1.54) is 43.7 Å². The van der Waals surface area contributed by atoms with E-state index in [4.69, 9.17) is 0 Å². The van der Waals surface area contributed by atoms with E-state index in [0.29, 0.717) is 0 Å². The summed E-state index contributed by atoms with van der Waals surface area (Å²) in [4.78, 5) is 2.54. The molecule has 2 nitrogen and oxygen atoms in total. The lowest BCUT2D eigenvalue weighted by Crippen LogP contribution is -2.33. The Morgan fingerprint density at radius 1 is 1.27 bits per heavy atom. The summed E-state index contributed by atoms with van der Waals surface area (Å²) < 4.78 is 0. The standard InChI is InChI=1S/C13H20N2/c1-2-9-15-10-7-12-5-3-4-6-13(12)14-8-11-15/h3-6,14H,2,7-11H2,1H3. The smallest absolute Gasteiger partial charge is 0.0373 e. The van der Waals surface area contributed by atoms with Crippen LogP contribution in [0.15, 0.2) is 24.3 Å². The van der Waals surface area contributed by atoms with Crippen molar-refractivity contribution in [1.82, 2.24) is 4.90 Å². The van der Waals surface area contributed by atoms with Crippen molar-refractivity contribution in [3.8, 4) is 0 Å². The van der Waals surface area contributed by atoms with Gasteiger partial charge in [0, 0.05) is 25.3 Å². The summed E-state index contributed by atoms with van der Waals surface area (Å²) in [5.41, 5.74) is 2.78. The minimum atomic E-state index is 1.07. The van der Waals surface area contributed by atoms with Crippen LogP contribution in [0, 0.1) is 0 Å². The molecule has 0 amide bonds. The molecule has 1 aromatic carbocycles. The molecule has 1 aromatic rings. The number of hydrogen-bond donors (Lipinski definition) is 1. The first kappa shape index (κ1) is 10.5. The summed E-state index contributed by atoms with van der Waals surface area (Å²) in [7, 11) is 0. The normalized spacial score (nSPS) is 17.4. The fraction of sp³-hybridized carbons (Fsp3) is 0.538. The number of rotatable bonds is 2. The Bertz CT molecular complexity index is 309. The van der Waals surface area contributed by atoms with Crippen LogP contribution in [0.25, 0.3) is 0 Å². The van der Waals surface area contributed by atoms with E-state index in [2.05, 4.69) is 41.4 Å². The SMILES string of the molecule is CCCN1CCNc2ccccc2CC1. The van der Waals surface area contributed by atoms with Crippen molar-refractivity contribution in [2.75, 3.05) is 31.5 Å². The van der Waals surface area contributed by atoms with Crippen molar-refractivity contribution < 1.29 is 0 Å². The van der Waals surface area contributed by atoms with Gasteiger partial charge >= 0.3 is 0 Å². The van der Waals surface area contributed by atoms with Crippen LogP contribution in [0.4, 0.5) is 5.69 Å². The Labute approximate surface area is 92.3 Å². The van der Waals surface area contributed by atoms with Crippen molar-refractivity contribution in [2.24, 2.45) is 0 Å². The number of nitrogens with zero attached hydrogens (tertiary/aromatic N) is 1. The number of nitrogens with one attached hydrogen (secondary N) is 1. The highest BCUT2D eigenvalue weighted by molar-refractivity contribution is 5.51. The van der Waals surface area contributed by atoms with Gasteiger partial charge in [-0.3, -0.25) is 0 Å². The molecule has 0 atom stereocenters. The minimum absolute atomic E-state index is 1.07. The summed E-state index contributed by atoms with van der Waals surface area (Å²) in [5.74, 6) is 0. The van der Waals surface area contributed by atoms with Crippen LogP contribution in [0.1, 0.15) is 18.9 Å². The summed E-state index contributed by atoms with van der Waals surface area (Å²) in [6, 6.07) is 8.66. The molecule has 1 aliphatic heterocycles. The van der Waals surface area contributed by atoms with Crippen LogP contribution < -0.4 is 5.32 Å². The van der Waals surface area contributed by atoms with Crippen molar-refractivity contribution >= 4 is 5.69 Å². The molecule has 82 valence electrons. The van der Waals surface area contributed by atoms with Crippen LogP contribution in [0.3, 0.4) is 0 Å². The van der Waals surface area contributed by atoms with Gasteiger partial charge in [0.1, 0.15) is 0 Å². The van der Waals surface area contributed by atoms with Gasteiger partial charge in [0.25, 0.3) is 0 Å². The number of benzene rings is 1. The number of hydrogen-bond acceptors (Lipinski definition) is 2. The van der Waals surface area contributed by atoms with Crippen molar-refractivity contribution in [3.05, 3.63) is 29.8 Å². The molecule has 0 radical (unpaired) electrons. The Hall–Kier alpha value is -1.02. The van der Waals surface area contributed by atoms with E-state index in [1.807, 2.05) is 0 Å². The van der Waals surface area contributed by atoms with Gasteiger partial charge in [-0.2, -0.15) is 0 Å². The second-order valence-electron chi connectivity index (χ2n) is 4.18. The van der Waals surface area contributed by atoms with Gasteiger partial charge < -0.3 is 10.2 Å². The molecule has 0 saturated carbocycles. The van der Waals surface area contributed by atoms with Gasteiger partial charge in [-0.25, -0.2) is 0 Å². The molecule has 0 bridgehead atoms. The lowest BCUT2D eigenvalue weighted by atomic mass is 10.1. The quantitative estimate of drug-likeness (QED) is 0.795. The third kappa shape index (κ3) is 2.72. The fourth-order valence-electron chi connectivity index (χ4n) is 2.19. The molecule has 1 aliphatic rings. The van der Waals surface area contributed by atoms with Gasteiger partial charge in [0.05, 0.1) is 0 Å². The second kappa shape index (κ2) is 5.17. The molecule has 0 spiro atoms. The highest BCUT2D eigenvalue weighted by Gasteiger charge is 2.09. The summed E-state index contributed by atoms with van der Waals surface area (Å²) >= 11 is 0. The summed E-state index contributed by atoms with van der Waals surface area (Å²) in [6.45, 7) is 6.91. The van der Waals surface area contributed by atoms with E-state index < -0.39 is 0 Å². The zero-order valence-corrected chi connectivity index (χ0v) is 9.50. The zero-order chi connectivity index (χ0) is 10.5. The van der Waals surface area contributed by atoms with Crippen LogP contribution in [-0.2, 0) is 6.42 Å². The van der Waals surface area contributed by atoms with E-state index >= 15 is 0 Å². The first-order valence-electron chi connectivity index (χ1n) is 5.94. The molecule has 0 aromatic heterocycles. The first-order chi connectivity index (χ1) is 7.40. The number of anilines is 1. The predicted octanol–water partition coefficient (Wildman–Crippen LogP) is 2.37. The first-order valence-corrected chi connectivity index (χ1v) is 5.94. The van der Waals surface area contributed by atoms with E-state index in [9.17, 15) is 0 Å². The highest BCUT2D eigenvalue weighted by atomic mass is 15.1. The molecule has 1 N–H and O–H groups in total. The van der Waals surface area contributed by atoms with Crippen LogP contribution >= 0.6 is 0 Å². The lowest BCUT2D eigenvalue weighted by Gasteiger charge is -2.26. The third-order valence-electron chi connectivity index (χ3n) is 3.00. The lowest BCUT2D eigenvalue weighted by molar-refractivity contribution is 0.286. The topological polar surface area (TPSA) is 15.3 Å². The molecular formula is C13H20N2. The van der Waals surface area contributed by atoms with Gasteiger partial charge in [0.15, 0.2) is 0 Å². The van der Waals surface area contributed by atoms with Gasteiger partial charge in [-0.15, -0.1) is 0 Å². The van der Waals surface area contributed by atoms with Crippen molar-refractivity contribution in [2.45, 2.75) is 19.8 Å². The van der Waals surface area contributed by atoms with Crippen LogP contribution in [-0.4, -0.2) is 31.1 Å². The Balaban J connectivity index is 2.04. The number of para-hydroxylation sites is 1. The molecule has 0 aliphatic carbocycles. The maximum atomic E-state index is 3.51. The van der Waals surface area contributed by atoms with Crippen LogP contribution in [0.5, 0.6) is 0 Å². The second-order valence-corrected chi connectivity index (χ2v) is 4.18. The van der Waals surface area contributed by atoms with Gasteiger partial charge in [-0.1, -0.05) is 25.1 Å². The average molecular weight is 204 g/mol. The Morgan fingerprint density at radius 2 is 2.13 bits per heavy atom. The van der Waals surface area contributed by atoms with Crippen LogP contribution in [0.2, 0.25) is 0 Å². The van der Waals surface area contributed by atoms with E-state index in [1.54, 1.807) is 0 Å². The maximum Gasteiger partial charge on any atom is 0.0373 e. The fourth-order valence-corrected chi connectivity index (χ4v) is 2.19. The van der Waals surface area contributed by atoms with Gasteiger partial charge in [0.2, 0.25) is 0 Å². The molecule has 1 heterocycles. The minimum Gasteiger partial charge on any atom is -0.384 e. The Morgan fingerprint density at radius 3 is 3.00 bits per heavy atom. The van der Waals surface area contributed by atoms with Crippen molar-refractivity contribution in [3.63, 3.8) is 0 Å². The summed E-state index contributed by atoms with van der Waals surface area (Å²) in [5, 5.41) is 3.51. The zero-order valence-electron chi connectivity index (χ0n) is 9.50. The molecule has 2 heteroatoms. The molecule has 0 saturated heterocycles. The summed E-state index contributed by atoms with van der Waals surface area (Å²) in [6.07, 6.45) is 2.42. The molecule has 2 rings (SSSR count). The molecule has 0 fully saturated rings. The van der Waals surface area contributed by atoms with E-state index in [0.717, 1.165) is 6.54 Å². The highest BCUT2D eigenvalue weighted by Crippen LogP contribution is 2.17. The maximum absolute atomic E-state index is 3.51. The number of fused-ring (bicyclic) bond motifs is 1. The van der Waals surface area contributed by atoms with E-state index in [-0.39, 0.29) is 0 Å². The molecular weight excluding hydrogens is 184 g/mol. The third-order valence-corrected chi connectivity index (χ3v) is 3.00. The monoisotopic (exact) mass is 204 g/mol.